The molecule has 2 aromatic carbocycles. The van der Waals surface area contributed by atoms with Crippen molar-refractivity contribution < 1.29 is 27.4 Å². The van der Waals surface area contributed by atoms with Gasteiger partial charge in [0.2, 0.25) is 10.0 Å². The van der Waals surface area contributed by atoms with E-state index in [1.54, 1.807) is 13.0 Å². The molecule has 10 heteroatoms. The van der Waals surface area contributed by atoms with Gasteiger partial charge in [-0.1, -0.05) is 36.7 Å². The SMILES string of the molecule is C[C@@H]1[C@@H](C)C/C=C/[C@@]2(COCCO2)[C@@H]2CC[C@H]2CN2C[C@H]3CCCc4cc(Cl)ccc4C3Oc3ccc(cc32)C(=O)NS1(=O)=O. The summed E-state index contributed by atoms with van der Waals surface area (Å²) >= 11 is 6.40. The monoisotopic (exact) mass is 654 g/mol. The molecule has 7 atom stereocenters. The van der Waals surface area contributed by atoms with Crippen molar-refractivity contribution in [2.24, 2.45) is 23.7 Å². The Labute approximate surface area is 271 Å². The van der Waals surface area contributed by atoms with E-state index in [-0.39, 0.29) is 23.9 Å². The normalized spacial score (nSPS) is 35.3. The zero-order chi connectivity index (χ0) is 31.3. The number of hydrogen-bond acceptors (Lipinski definition) is 7. The summed E-state index contributed by atoms with van der Waals surface area (Å²) in [6.07, 6.45) is 9.73. The molecule has 45 heavy (non-hydrogen) atoms. The van der Waals surface area contributed by atoms with E-state index in [4.69, 9.17) is 25.8 Å². The number of hydrogen-bond donors (Lipinski definition) is 1. The van der Waals surface area contributed by atoms with Gasteiger partial charge in [0.05, 0.1) is 30.8 Å². The number of amides is 1. The van der Waals surface area contributed by atoms with Crippen LogP contribution in [0.15, 0.2) is 48.6 Å². The van der Waals surface area contributed by atoms with Crippen LogP contribution in [0.5, 0.6) is 5.75 Å². The van der Waals surface area contributed by atoms with Crippen molar-refractivity contribution in [2.75, 3.05) is 37.8 Å². The molecule has 1 spiro atoms. The summed E-state index contributed by atoms with van der Waals surface area (Å²) in [5.41, 5.74) is 2.99. The molecule has 2 aromatic rings. The molecule has 1 saturated heterocycles. The summed E-state index contributed by atoms with van der Waals surface area (Å²) in [7, 11) is -3.92. The number of carbonyl (C=O) groups is 1. The van der Waals surface area contributed by atoms with Crippen LogP contribution in [0.1, 0.15) is 73.5 Å². The lowest BCUT2D eigenvalue weighted by molar-refractivity contribution is -0.182. The largest absolute Gasteiger partial charge is 0.483 e. The molecule has 1 unspecified atom stereocenters. The average molecular weight is 655 g/mol. The van der Waals surface area contributed by atoms with Crippen LogP contribution in [-0.2, 0) is 25.9 Å². The number of halogens is 1. The van der Waals surface area contributed by atoms with Gasteiger partial charge in [-0.2, -0.15) is 0 Å². The minimum absolute atomic E-state index is 0.151. The van der Waals surface area contributed by atoms with E-state index in [0.29, 0.717) is 43.5 Å². The first-order valence-electron chi connectivity index (χ1n) is 16.4. The zero-order valence-corrected chi connectivity index (χ0v) is 27.6. The quantitative estimate of drug-likeness (QED) is 0.344. The summed E-state index contributed by atoms with van der Waals surface area (Å²) in [6, 6.07) is 11.4. The number of aryl methyl sites for hydroxylation is 1. The molecule has 2 fully saturated rings. The number of anilines is 1. The first-order valence-corrected chi connectivity index (χ1v) is 18.4. The number of fused-ring (bicyclic) bond motifs is 6. The third kappa shape index (κ3) is 5.90. The molecule has 1 saturated carbocycles. The Morgan fingerprint density at radius 1 is 1.02 bits per heavy atom. The van der Waals surface area contributed by atoms with Crippen molar-refractivity contribution in [3.05, 3.63) is 70.3 Å². The Kier molecular flexibility index (Phi) is 8.42. The Hall–Kier alpha value is -2.59. The average Bonchev–Trinajstić information content (AvgIpc) is 3.25. The summed E-state index contributed by atoms with van der Waals surface area (Å²) in [6.45, 7) is 6.73. The molecule has 3 heterocycles. The van der Waals surface area contributed by atoms with E-state index in [2.05, 4.69) is 33.9 Å². The van der Waals surface area contributed by atoms with Crippen LogP contribution < -0.4 is 14.4 Å². The highest BCUT2D eigenvalue weighted by Crippen LogP contribution is 2.49. The molecule has 5 aliphatic rings. The zero-order valence-electron chi connectivity index (χ0n) is 26.0. The van der Waals surface area contributed by atoms with Gasteiger partial charge in [0.15, 0.2) is 0 Å². The maximum absolute atomic E-state index is 13.5. The minimum Gasteiger partial charge on any atom is -0.483 e. The predicted octanol–water partition coefficient (Wildman–Crippen LogP) is 6.09. The Morgan fingerprint density at radius 2 is 1.87 bits per heavy atom. The molecule has 2 bridgehead atoms. The van der Waals surface area contributed by atoms with Gasteiger partial charge in [0.1, 0.15) is 17.5 Å². The van der Waals surface area contributed by atoms with Crippen molar-refractivity contribution in [1.29, 1.82) is 0 Å². The fraction of sp³-hybridized carbons (Fsp3) is 0.571. The lowest BCUT2D eigenvalue weighted by atomic mass is 9.64. The van der Waals surface area contributed by atoms with Crippen LogP contribution in [-0.4, -0.2) is 58.1 Å². The molecule has 1 N–H and O–H groups in total. The first-order chi connectivity index (χ1) is 21.6. The molecular formula is C35H43ClN2O6S. The van der Waals surface area contributed by atoms with Crippen molar-refractivity contribution >= 4 is 33.2 Å². The van der Waals surface area contributed by atoms with Crippen molar-refractivity contribution in [3.63, 3.8) is 0 Å². The smallest absolute Gasteiger partial charge is 0.264 e. The number of carbonyl (C=O) groups excluding carboxylic acids is 1. The van der Waals surface area contributed by atoms with E-state index in [9.17, 15) is 13.2 Å². The summed E-state index contributed by atoms with van der Waals surface area (Å²) in [4.78, 5) is 15.9. The summed E-state index contributed by atoms with van der Waals surface area (Å²) in [5, 5.41) is -0.0368. The molecule has 1 amide bonds. The highest BCUT2D eigenvalue weighted by Gasteiger charge is 2.49. The molecule has 0 aromatic heterocycles. The predicted molar refractivity (Wildman–Crippen MR) is 174 cm³/mol. The molecule has 242 valence electrons. The van der Waals surface area contributed by atoms with E-state index in [1.807, 2.05) is 25.1 Å². The van der Waals surface area contributed by atoms with Gasteiger partial charge in [0.25, 0.3) is 5.91 Å². The fourth-order valence-electron chi connectivity index (χ4n) is 8.04. The number of rotatable bonds is 0. The van der Waals surface area contributed by atoms with E-state index >= 15 is 0 Å². The number of nitrogens with one attached hydrogen (secondary N) is 1. The molecule has 3 aliphatic heterocycles. The van der Waals surface area contributed by atoms with Crippen LogP contribution >= 0.6 is 11.6 Å². The number of benzene rings is 2. The Morgan fingerprint density at radius 3 is 2.64 bits per heavy atom. The highest BCUT2D eigenvalue weighted by atomic mass is 35.5. The molecule has 8 nitrogen and oxygen atoms in total. The van der Waals surface area contributed by atoms with Crippen LogP contribution in [0.3, 0.4) is 0 Å². The second-order valence-electron chi connectivity index (χ2n) is 13.7. The standard InChI is InChI=1S/C35H43ClN2O6S/c1-22-5-4-14-35(21-42-15-16-43-35)30-12-8-26(30)19-38-20-27-7-3-6-24-17-28(36)10-11-29(24)33(27)44-32-13-9-25(18-31(32)38)34(39)37-45(40,41)23(22)2/h4,9-11,13-14,17-18,22-23,26-27,30,33H,3,5-8,12,15-16,19-21H2,1-2H3,(H,37,39)/b14-4+/t22-,23+,26-,27+,30+,33?,35+/m0/s1. The van der Waals surface area contributed by atoms with Gasteiger partial charge in [-0.15, -0.1) is 0 Å². The van der Waals surface area contributed by atoms with Crippen LogP contribution in [0.4, 0.5) is 5.69 Å². The molecule has 0 radical (unpaired) electrons. The lowest BCUT2D eigenvalue weighted by Crippen LogP contribution is -2.56. The number of ether oxygens (including phenoxy) is 3. The topological polar surface area (TPSA) is 94.2 Å². The first kappa shape index (κ1) is 31.0. The van der Waals surface area contributed by atoms with Crippen LogP contribution in [0.2, 0.25) is 5.02 Å². The van der Waals surface area contributed by atoms with Crippen LogP contribution in [0.25, 0.3) is 0 Å². The molecule has 7 rings (SSSR count). The van der Waals surface area contributed by atoms with Crippen molar-refractivity contribution in [2.45, 2.75) is 69.3 Å². The second-order valence-corrected chi connectivity index (χ2v) is 16.2. The number of allylic oxidation sites excluding steroid dienone is 1. The van der Waals surface area contributed by atoms with Gasteiger partial charge in [-0.25, -0.2) is 13.1 Å². The van der Waals surface area contributed by atoms with E-state index in [0.717, 1.165) is 55.9 Å². The van der Waals surface area contributed by atoms with Crippen LogP contribution in [0, 0.1) is 23.7 Å². The minimum atomic E-state index is -3.92. The van der Waals surface area contributed by atoms with E-state index in [1.165, 1.54) is 11.1 Å². The number of sulfonamides is 1. The lowest BCUT2D eigenvalue weighted by Gasteiger charge is -2.51. The maximum atomic E-state index is 13.5. The second kappa shape index (κ2) is 12.2. The van der Waals surface area contributed by atoms with Gasteiger partial charge < -0.3 is 19.1 Å². The Balaban J connectivity index is 1.31. The van der Waals surface area contributed by atoms with Crippen molar-refractivity contribution in [3.8, 4) is 5.75 Å². The molecule has 2 aliphatic carbocycles. The molecular weight excluding hydrogens is 612 g/mol. The van der Waals surface area contributed by atoms with Gasteiger partial charge in [-0.3, -0.25) is 4.79 Å². The third-order valence-electron chi connectivity index (χ3n) is 11.0. The number of nitrogens with zero attached hydrogens (tertiary/aromatic N) is 1. The maximum Gasteiger partial charge on any atom is 0.264 e. The summed E-state index contributed by atoms with van der Waals surface area (Å²) < 4.78 is 48.5. The van der Waals surface area contributed by atoms with E-state index < -0.39 is 26.8 Å². The fourth-order valence-corrected chi connectivity index (χ4v) is 9.52. The van der Waals surface area contributed by atoms with Crippen molar-refractivity contribution in [1.82, 2.24) is 4.72 Å². The van der Waals surface area contributed by atoms with Gasteiger partial charge >= 0.3 is 0 Å². The van der Waals surface area contributed by atoms with Gasteiger partial charge in [-0.05, 0) is 105 Å². The Bertz CT molecular complexity index is 1590. The highest BCUT2D eigenvalue weighted by molar-refractivity contribution is 7.90. The third-order valence-corrected chi connectivity index (χ3v) is 13.1. The van der Waals surface area contributed by atoms with Gasteiger partial charge in [0, 0.05) is 29.6 Å². The summed E-state index contributed by atoms with van der Waals surface area (Å²) in [5.74, 6) is 0.734.